The lowest BCUT2D eigenvalue weighted by Gasteiger charge is -2.05. The van der Waals surface area contributed by atoms with Gasteiger partial charge in [-0.25, -0.2) is 0 Å². The minimum atomic E-state index is -0.0854. The van der Waals surface area contributed by atoms with Crippen molar-refractivity contribution < 1.29 is 4.79 Å². The van der Waals surface area contributed by atoms with E-state index in [0.717, 1.165) is 0 Å². The lowest BCUT2D eigenvalue weighted by molar-refractivity contribution is -0.119. The number of hydrogen-bond acceptors (Lipinski definition) is 2. The topological polar surface area (TPSA) is 52.9 Å². The van der Waals surface area contributed by atoms with Crippen LogP contribution in [0.1, 0.15) is 20.3 Å². The van der Waals surface area contributed by atoms with Crippen molar-refractivity contribution in [2.45, 2.75) is 26.3 Å². The summed E-state index contributed by atoms with van der Waals surface area (Å²) in [5, 5.41) is 10.7. The van der Waals surface area contributed by atoms with E-state index in [2.05, 4.69) is 5.32 Å². The highest BCUT2D eigenvalue weighted by atomic mass is 16.1. The van der Waals surface area contributed by atoms with Gasteiger partial charge in [0, 0.05) is 13.0 Å². The molecule has 0 spiro atoms. The zero-order valence-corrected chi connectivity index (χ0v) is 5.64. The van der Waals surface area contributed by atoms with Crippen LogP contribution in [0.15, 0.2) is 0 Å². The number of hydrogen-bond donors (Lipinski definition) is 1. The van der Waals surface area contributed by atoms with Crippen LogP contribution in [0, 0.1) is 11.3 Å². The average Bonchev–Trinajstić information content (AvgIpc) is 1.63. The molecule has 0 heterocycles. The molecule has 1 N–H and O–H groups in total. The molecule has 0 unspecified atom stereocenters. The summed E-state index contributed by atoms with van der Waals surface area (Å²) < 4.78 is 0. The lowest BCUT2D eigenvalue weighted by atomic mass is 10.2. The molecule has 0 aliphatic heterocycles. The molecule has 0 saturated heterocycles. The smallest absolute Gasteiger partial charge is 0.217 e. The zero-order valence-electron chi connectivity index (χ0n) is 5.64. The van der Waals surface area contributed by atoms with Gasteiger partial charge in [0.15, 0.2) is 0 Å². The highest BCUT2D eigenvalue weighted by Gasteiger charge is 1.99. The number of nitrogens with zero attached hydrogens (tertiary/aromatic N) is 1. The van der Waals surface area contributed by atoms with Crippen molar-refractivity contribution in [3.05, 3.63) is 0 Å². The van der Waals surface area contributed by atoms with Crippen LogP contribution in [0.2, 0.25) is 0 Å². The van der Waals surface area contributed by atoms with Gasteiger partial charge in [-0.05, 0) is 6.92 Å². The molecule has 3 heteroatoms. The monoisotopic (exact) mass is 126 g/mol. The first-order chi connectivity index (χ1) is 4.16. The quantitative estimate of drug-likeness (QED) is 0.583. The molecular weight excluding hydrogens is 116 g/mol. The lowest BCUT2D eigenvalue weighted by Crippen LogP contribution is -2.29. The van der Waals surface area contributed by atoms with Gasteiger partial charge in [0.05, 0.1) is 12.5 Å². The van der Waals surface area contributed by atoms with E-state index in [1.165, 1.54) is 6.92 Å². The predicted octanol–water partition coefficient (Wildman–Crippen LogP) is 0.425. The first kappa shape index (κ1) is 7.96. The van der Waals surface area contributed by atoms with E-state index in [4.69, 9.17) is 5.26 Å². The Morgan fingerprint density at radius 1 is 1.89 bits per heavy atom. The molecule has 3 nitrogen and oxygen atoms in total. The molecule has 0 aliphatic carbocycles. The van der Waals surface area contributed by atoms with Crippen LogP contribution >= 0.6 is 0 Å². The molecule has 0 aromatic rings. The highest BCUT2D eigenvalue weighted by molar-refractivity contribution is 5.73. The summed E-state index contributed by atoms with van der Waals surface area (Å²) in [5.74, 6) is -0.0854. The maximum atomic E-state index is 10.3. The molecule has 1 amide bonds. The van der Waals surface area contributed by atoms with E-state index in [9.17, 15) is 4.79 Å². The van der Waals surface area contributed by atoms with Gasteiger partial charge < -0.3 is 5.32 Å². The number of rotatable bonds is 2. The van der Waals surface area contributed by atoms with Crippen molar-refractivity contribution in [1.82, 2.24) is 5.32 Å². The maximum absolute atomic E-state index is 10.3. The fourth-order valence-corrected chi connectivity index (χ4v) is 0.535. The van der Waals surface area contributed by atoms with Crippen LogP contribution in [-0.4, -0.2) is 11.9 Å². The van der Waals surface area contributed by atoms with Crippen LogP contribution < -0.4 is 5.32 Å². The van der Waals surface area contributed by atoms with E-state index >= 15 is 0 Å². The Balaban J connectivity index is 3.40. The average molecular weight is 126 g/mol. The fourth-order valence-electron chi connectivity index (χ4n) is 0.535. The predicted molar refractivity (Wildman–Crippen MR) is 33.5 cm³/mol. The van der Waals surface area contributed by atoms with E-state index in [1.54, 1.807) is 6.92 Å². The number of carbonyl (C=O) groups excluding carboxylic acids is 1. The third kappa shape index (κ3) is 4.82. The van der Waals surface area contributed by atoms with Gasteiger partial charge in [-0.1, -0.05) is 0 Å². The molecule has 1 atom stereocenters. The molecule has 0 aromatic carbocycles. The van der Waals surface area contributed by atoms with E-state index in [-0.39, 0.29) is 11.9 Å². The van der Waals surface area contributed by atoms with Gasteiger partial charge in [0.1, 0.15) is 0 Å². The second-order valence-corrected chi connectivity index (χ2v) is 1.96. The Bertz CT molecular complexity index is 136. The fraction of sp³-hybridized carbons (Fsp3) is 0.667. The molecule has 0 rings (SSSR count). The Morgan fingerprint density at radius 2 is 2.44 bits per heavy atom. The van der Waals surface area contributed by atoms with E-state index in [0.29, 0.717) is 6.42 Å². The largest absolute Gasteiger partial charge is 0.353 e. The Kier molecular flexibility index (Phi) is 3.45. The summed E-state index contributed by atoms with van der Waals surface area (Å²) in [5.41, 5.74) is 0. The van der Waals surface area contributed by atoms with Crippen LogP contribution in [0.4, 0.5) is 0 Å². The summed E-state index contributed by atoms with van der Waals surface area (Å²) in [4.78, 5) is 10.3. The van der Waals surface area contributed by atoms with Crippen LogP contribution in [0.5, 0.6) is 0 Å². The molecule has 0 aliphatic rings. The van der Waals surface area contributed by atoms with E-state index < -0.39 is 0 Å². The standard InChI is InChI=1S/C6H10N2O/c1-5(3-4-7)8-6(2)9/h5H,3H2,1-2H3,(H,8,9)/t5-/m0/s1. The highest BCUT2D eigenvalue weighted by Crippen LogP contribution is 1.85. The number of nitriles is 1. The molecular formula is C6H10N2O. The molecule has 0 aromatic heterocycles. The van der Waals surface area contributed by atoms with Gasteiger partial charge in [0.2, 0.25) is 5.91 Å². The van der Waals surface area contributed by atoms with Gasteiger partial charge in [-0.2, -0.15) is 5.26 Å². The van der Waals surface area contributed by atoms with E-state index in [1.807, 2.05) is 6.07 Å². The summed E-state index contributed by atoms with van der Waals surface area (Å²) in [6.45, 7) is 3.23. The second-order valence-electron chi connectivity index (χ2n) is 1.96. The Hall–Kier alpha value is -1.04. The van der Waals surface area contributed by atoms with Gasteiger partial charge in [-0.15, -0.1) is 0 Å². The first-order valence-electron chi connectivity index (χ1n) is 2.81. The van der Waals surface area contributed by atoms with Gasteiger partial charge in [-0.3, -0.25) is 4.79 Å². The molecule has 9 heavy (non-hydrogen) atoms. The summed E-state index contributed by atoms with van der Waals surface area (Å²) >= 11 is 0. The van der Waals surface area contributed by atoms with Crippen molar-refractivity contribution in [2.24, 2.45) is 0 Å². The van der Waals surface area contributed by atoms with Crippen molar-refractivity contribution in [3.8, 4) is 6.07 Å². The Labute approximate surface area is 54.7 Å². The van der Waals surface area contributed by atoms with Crippen molar-refractivity contribution in [1.29, 1.82) is 5.26 Å². The third-order valence-electron chi connectivity index (χ3n) is 0.847. The normalized spacial score (nSPS) is 11.7. The zero-order chi connectivity index (χ0) is 7.28. The molecule has 0 radical (unpaired) electrons. The van der Waals surface area contributed by atoms with Crippen molar-refractivity contribution in [2.75, 3.05) is 0 Å². The minimum Gasteiger partial charge on any atom is -0.353 e. The van der Waals surface area contributed by atoms with Gasteiger partial charge >= 0.3 is 0 Å². The molecule has 0 fully saturated rings. The van der Waals surface area contributed by atoms with Crippen LogP contribution in [-0.2, 0) is 4.79 Å². The third-order valence-corrected chi connectivity index (χ3v) is 0.847. The first-order valence-corrected chi connectivity index (χ1v) is 2.81. The van der Waals surface area contributed by atoms with Crippen molar-refractivity contribution in [3.63, 3.8) is 0 Å². The minimum absolute atomic E-state index is 0.0208. The molecule has 0 bridgehead atoms. The van der Waals surface area contributed by atoms with Gasteiger partial charge in [0.25, 0.3) is 0 Å². The maximum Gasteiger partial charge on any atom is 0.217 e. The summed E-state index contributed by atoms with van der Waals surface area (Å²) in [6.07, 6.45) is 0.375. The SMILES string of the molecule is CC(=O)N[C@@H](C)CC#N. The van der Waals surface area contributed by atoms with Crippen LogP contribution in [0.3, 0.4) is 0 Å². The van der Waals surface area contributed by atoms with Crippen LogP contribution in [0.25, 0.3) is 0 Å². The summed E-state index contributed by atoms with van der Waals surface area (Å²) in [7, 11) is 0. The molecule has 0 saturated carbocycles. The Morgan fingerprint density at radius 3 is 2.78 bits per heavy atom. The molecule has 50 valence electrons. The summed E-state index contributed by atoms with van der Waals surface area (Å²) in [6, 6.07) is 1.94. The number of nitrogens with one attached hydrogen (secondary N) is 1. The van der Waals surface area contributed by atoms with Crippen molar-refractivity contribution >= 4 is 5.91 Å². The number of amides is 1. The number of carbonyl (C=O) groups is 1. The second kappa shape index (κ2) is 3.90.